The van der Waals surface area contributed by atoms with Crippen LogP contribution in [0, 0.1) is 0 Å². The summed E-state index contributed by atoms with van der Waals surface area (Å²) in [5, 5.41) is 3.32. The molecule has 1 amide bonds. The summed E-state index contributed by atoms with van der Waals surface area (Å²) < 4.78 is 0. The van der Waals surface area contributed by atoms with E-state index in [4.69, 9.17) is 0 Å². The zero-order valence-electron chi connectivity index (χ0n) is 12.1. The molecule has 2 aliphatic rings. The van der Waals surface area contributed by atoms with Crippen molar-refractivity contribution in [3.8, 4) is 0 Å². The van der Waals surface area contributed by atoms with Crippen LogP contribution in [0.4, 0.5) is 0 Å². The number of likely N-dealkylation sites (tertiary alicyclic amines) is 1. The van der Waals surface area contributed by atoms with Gasteiger partial charge in [0.15, 0.2) is 0 Å². The molecule has 0 aromatic carbocycles. The normalized spacial score (nSPS) is 20.8. The third-order valence-corrected chi connectivity index (χ3v) is 4.24. The first-order valence-electron chi connectivity index (χ1n) is 8.02. The Balaban J connectivity index is 1.59. The quantitative estimate of drug-likeness (QED) is 0.612. The number of nitrogens with zero attached hydrogens (tertiary/aromatic N) is 1. The topological polar surface area (TPSA) is 32.3 Å². The Bertz CT molecular complexity index is 304. The summed E-state index contributed by atoms with van der Waals surface area (Å²) in [5.74, 6) is 0.291. The minimum atomic E-state index is 0.291. The van der Waals surface area contributed by atoms with E-state index >= 15 is 0 Å². The monoisotopic (exact) mass is 264 g/mol. The number of carbonyl (C=O) groups excluding carboxylic acids is 1. The lowest BCUT2D eigenvalue weighted by Gasteiger charge is -2.20. The molecule has 0 atom stereocenters. The molecule has 1 fully saturated rings. The summed E-state index contributed by atoms with van der Waals surface area (Å²) in [6.45, 7) is 3.40. The van der Waals surface area contributed by atoms with Crippen LogP contribution in [0.3, 0.4) is 0 Å². The van der Waals surface area contributed by atoms with Gasteiger partial charge in [-0.25, -0.2) is 0 Å². The minimum Gasteiger partial charge on any atom is -0.342 e. The SMILES string of the molecule is O=C(CNCCC1=CCCCC1)N1CCCCCC1. The van der Waals surface area contributed by atoms with Crippen LogP contribution in [0.5, 0.6) is 0 Å². The molecule has 0 unspecified atom stereocenters. The average Bonchev–Trinajstić information content (AvgIpc) is 2.73. The summed E-state index contributed by atoms with van der Waals surface area (Å²) in [6, 6.07) is 0. The van der Waals surface area contributed by atoms with Gasteiger partial charge in [-0.1, -0.05) is 24.5 Å². The minimum absolute atomic E-state index is 0.291. The van der Waals surface area contributed by atoms with Crippen molar-refractivity contribution in [1.82, 2.24) is 10.2 Å². The summed E-state index contributed by atoms with van der Waals surface area (Å²) >= 11 is 0. The summed E-state index contributed by atoms with van der Waals surface area (Å²) in [6.07, 6.45) is 13.6. The van der Waals surface area contributed by atoms with Gasteiger partial charge >= 0.3 is 0 Å². The van der Waals surface area contributed by atoms with Crippen LogP contribution < -0.4 is 5.32 Å². The molecule has 0 spiro atoms. The fourth-order valence-electron chi connectivity index (χ4n) is 3.01. The van der Waals surface area contributed by atoms with Crippen molar-refractivity contribution < 1.29 is 4.79 Å². The lowest BCUT2D eigenvalue weighted by Crippen LogP contribution is -2.39. The maximum absolute atomic E-state index is 12.1. The van der Waals surface area contributed by atoms with E-state index in [1.54, 1.807) is 5.57 Å². The number of amides is 1. The van der Waals surface area contributed by atoms with Crippen molar-refractivity contribution in [2.24, 2.45) is 0 Å². The van der Waals surface area contributed by atoms with Crippen LogP contribution in [0.2, 0.25) is 0 Å². The van der Waals surface area contributed by atoms with E-state index in [-0.39, 0.29) is 0 Å². The zero-order chi connectivity index (χ0) is 13.3. The maximum Gasteiger partial charge on any atom is 0.236 e. The van der Waals surface area contributed by atoms with Crippen LogP contribution in [-0.4, -0.2) is 37.0 Å². The highest BCUT2D eigenvalue weighted by molar-refractivity contribution is 5.78. The second-order valence-corrected chi connectivity index (χ2v) is 5.83. The van der Waals surface area contributed by atoms with Crippen molar-refractivity contribution in [3.05, 3.63) is 11.6 Å². The van der Waals surface area contributed by atoms with Gasteiger partial charge in [-0.15, -0.1) is 0 Å². The molecule has 0 bridgehead atoms. The van der Waals surface area contributed by atoms with Crippen molar-refractivity contribution in [2.75, 3.05) is 26.2 Å². The van der Waals surface area contributed by atoms with Gasteiger partial charge in [0.05, 0.1) is 6.54 Å². The molecule has 1 heterocycles. The van der Waals surface area contributed by atoms with Crippen molar-refractivity contribution in [2.45, 2.75) is 57.8 Å². The lowest BCUT2D eigenvalue weighted by molar-refractivity contribution is -0.130. The fraction of sp³-hybridized carbons (Fsp3) is 0.812. The van der Waals surface area contributed by atoms with E-state index in [0.29, 0.717) is 12.5 Å². The molecule has 1 aliphatic heterocycles. The Morgan fingerprint density at radius 1 is 1.11 bits per heavy atom. The van der Waals surface area contributed by atoms with E-state index in [1.807, 2.05) is 4.90 Å². The van der Waals surface area contributed by atoms with E-state index < -0.39 is 0 Å². The number of rotatable bonds is 5. The van der Waals surface area contributed by atoms with Gasteiger partial charge in [-0.3, -0.25) is 4.79 Å². The van der Waals surface area contributed by atoms with Crippen LogP contribution in [0.25, 0.3) is 0 Å². The first-order valence-corrected chi connectivity index (χ1v) is 8.02. The van der Waals surface area contributed by atoms with Crippen LogP contribution in [-0.2, 0) is 4.79 Å². The van der Waals surface area contributed by atoms with E-state index in [0.717, 1.165) is 26.1 Å². The lowest BCUT2D eigenvalue weighted by atomic mass is 9.97. The zero-order valence-corrected chi connectivity index (χ0v) is 12.1. The molecule has 1 saturated heterocycles. The van der Waals surface area contributed by atoms with Gasteiger partial charge in [-0.05, 0) is 51.5 Å². The van der Waals surface area contributed by atoms with Crippen LogP contribution >= 0.6 is 0 Å². The van der Waals surface area contributed by atoms with Gasteiger partial charge in [0.25, 0.3) is 0 Å². The molecule has 3 heteroatoms. The number of carbonyl (C=O) groups is 1. The van der Waals surface area contributed by atoms with Crippen molar-refractivity contribution in [3.63, 3.8) is 0 Å². The molecular weight excluding hydrogens is 236 g/mol. The van der Waals surface area contributed by atoms with E-state index in [9.17, 15) is 4.79 Å². The fourth-order valence-corrected chi connectivity index (χ4v) is 3.01. The van der Waals surface area contributed by atoms with Crippen molar-refractivity contribution >= 4 is 5.91 Å². The predicted octanol–water partition coefficient (Wildman–Crippen LogP) is 2.87. The molecule has 0 aromatic rings. The van der Waals surface area contributed by atoms with Gasteiger partial charge in [0, 0.05) is 13.1 Å². The summed E-state index contributed by atoms with van der Waals surface area (Å²) in [4.78, 5) is 14.1. The highest BCUT2D eigenvalue weighted by Gasteiger charge is 2.14. The highest BCUT2D eigenvalue weighted by atomic mass is 16.2. The van der Waals surface area contributed by atoms with Gasteiger partial charge in [-0.2, -0.15) is 0 Å². The van der Waals surface area contributed by atoms with E-state index in [1.165, 1.54) is 51.4 Å². The third kappa shape index (κ3) is 5.35. The molecule has 0 saturated carbocycles. The molecule has 19 heavy (non-hydrogen) atoms. The number of allylic oxidation sites excluding steroid dienone is 1. The molecule has 0 radical (unpaired) electrons. The Labute approximate surface area is 117 Å². The molecule has 3 nitrogen and oxygen atoms in total. The Morgan fingerprint density at radius 2 is 1.89 bits per heavy atom. The second kappa shape index (κ2) is 8.36. The van der Waals surface area contributed by atoms with Crippen LogP contribution in [0.15, 0.2) is 11.6 Å². The van der Waals surface area contributed by atoms with Crippen molar-refractivity contribution in [1.29, 1.82) is 0 Å². The largest absolute Gasteiger partial charge is 0.342 e. The number of hydrogen-bond acceptors (Lipinski definition) is 2. The number of hydrogen-bond donors (Lipinski definition) is 1. The second-order valence-electron chi connectivity index (χ2n) is 5.83. The van der Waals surface area contributed by atoms with E-state index in [2.05, 4.69) is 11.4 Å². The molecule has 0 aromatic heterocycles. The maximum atomic E-state index is 12.1. The number of nitrogens with one attached hydrogen (secondary N) is 1. The Hall–Kier alpha value is -0.830. The standard InChI is InChI=1S/C16H28N2O/c19-16(18-12-6-1-2-7-13-18)14-17-11-10-15-8-4-3-5-9-15/h8,17H,1-7,9-14H2. The van der Waals surface area contributed by atoms with Crippen LogP contribution in [0.1, 0.15) is 57.8 Å². The molecule has 1 aliphatic carbocycles. The first kappa shape index (κ1) is 14.6. The molecule has 108 valence electrons. The molecular formula is C16H28N2O. The molecule has 2 rings (SSSR count). The highest BCUT2D eigenvalue weighted by Crippen LogP contribution is 2.19. The van der Waals surface area contributed by atoms with Gasteiger partial charge in [0.2, 0.25) is 5.91 Å². The third-order valence-electron chi connectivity index (χ3n) is 4.24. The van der Waals surface area contributed by atoms with Gasteiger partial charge < -0.3 is 10.2 Å². The first-order chi connectivity index (χ1) is 9.36. The summed E-state index contributed by atoms with van der Waals surface area (Å²) in [7, 11) is 0. The van der Waals surface area contributed by atoms with Gasteiger partial charge in [0.1, 0.15) is 0 Å². The Morgan fingerprint density at radius 3 is 2.58 bits per heavy atom. The Kier molecular flexibility index (Phi) is 6.42. The average molecular weight is 264 g/mol. The molecule has 1 N–H and O–H groups in total. The smallest absolute Gasteiger partial charge is 0.236 e. The predicted molar refractivity (Wildman–Crippen MR) is 79.1 cm³/mol. The summed E-state index contributed by atoms with van der Waals surface area (Å²) in [5.41, 5.74) is 1.58.